The molecule has 1 amide bonds. The largest absolute Gasteiger partial charge is 0.353 e. The van der Waals surface area contributed by atoms with Gasteiger partial charge in [0.25, 0.3) is 0 Å². The fourth-order valence-electron chi connectivity index (χ4n) is 2.98. The van der Waals surface area contributed by atoms with Crippen LogP contribution >= 0.6 is 0 Å². The summed E-state index contributed by atoms with van der Waals surface area (Å²) in [6.07, 6.45) is 6.24. The highest BCUT2D eigenvalue weighted by Crippen LogP contribution is 2.25. The molecule has 0 aromatic carbocycles. The molecule has 0 radical (unpaired) electrons. The van der Waals surface area contributed by atoms with E-state index in [1.165, 1.54) is 6.42 Å². The summed E-state index contributed by atoms with van der Waals surface area (Å²) >= 11 is 0. The second-order valence-corrected chi connectivity index (χ2v) is 6.30. The monoisotopic (exact) mass is 254 g/mol. The Kier molecular flexibility index (Phi) is 6.69. The lowest BCUT2D eigenvalue weighted by Gasteiger charge is -2.20. The molecule has 3 atom stereocenters. The minimum atomic E-state index is 0.233. The maximum Gasteiger partial charge on any atom is 0.220 e. The SMILES string of the molecule is CC1CCC(NC(=O)CCC(CCN)C(C)C)C1. The van der Waals surface area contributed by atoms with E-state index in [0.717, 1.165) is 38.1 Å². The topological polar surface area (TPSA) is 55.1 Å². The third-order valence-electron chi connectivity index (χ3n) is 4.28. The lowest BCUT2D eigenvalue weighted by atomic mass is 9.88. The minimum absolute atomic E-state index is 0.233. The summed E-state index contributed by atoms with van der Waals surface area (Å²) in [5, 5.41) is 3.18. The van der Waals surface area contributed by atoms with Crippen molar-refractivity contribution < 1.29 is 4.79 Å². The first-order valence-corrected chi connectivity index (χ1v) is 7.52. The highest BCUT2D eigenvalue weighted by Gasteiger charge is 2.23. The number of carbonyl (C=O) groups is 1. The molecule has 3 nitrogen and oxygen atoms in total. The average Bonchev–Trinajstić information content (AvgIpc) is 2.69. The van der Waals surface area contributed by atoms with E-state index in [2.05, 4.69) is 26.1 Å². The molecule has 3 heteroatoms. The molecule has 0 saturated heterocycles. The molecule has 3 unspecified atom stereocenters. The van der Waals surface area contributed by atoms with E-state index in [4.69, 9.17) is 5.73 Å². The van der Waals surface area contributed by atoms with Gasteiger partial charge in [0.2, 0.25) is 5.91 Å². The van der Waals surface area contributed by atoms with Crippen molar-refractivity contribution in [3.8, 4) is 0 Å². The second kappa shape index (κ2) is 7.78. The van der Waals surface area contributed by atoms with Gasteiger partial charge in [-0.05, 0) is 56.4 Å². The Bertz CT molecular complexity index is 253. The van der Waals surface area contributed by atoms with E-state index >= 15 is 0 Å². The Morgan fingerprint density at radius 3 is 2.56 bits per heavy atom. The smallest absolute Gasteiger partial charge is 0.220 e. The molecule has 0 bridgehead atoms. The number of carbonyl (C=O) groups excluding carboxylic acids is 1. The fraction of sp³-hybridized carbons (Fsp3) is 0.933. The molecule has 0 aliphatic heterocycles. The van der Waals surface area contributed by atoms with Crippen molar-refractivity contribution in [1.82, 2.24) is 5.32 Å². The van der Waals surface area contributed by atoms with E-state index in [1.807, 2.05) is 0 Å². The quantitative estimate of drug-likeness (QED) is 0.734. The van der Waals surface area contributed by atoms with E-state index < -0.39 is 0 Å². The minimum Gasteiger partial charge on any atom is -0.353 e. The summed E-state index contributed by atoms with van der Waals surface area (Å²) in [5.41, 5.74) is 5.62. The summed E-state index contributed by atoms with van der Waals surface area (Å²) in [6.45, 7) is 7.43. The summed E-state index contributed by atoms with van der Waals surface area (Å²) in [5.74, 6) is 2.21. The summed E-state index contributed by atoms with van der Waals surface area (Å²) < 4.78 is 0. The Hall–Kier alpha value is -0.570. The lowest BCUT2D eigenvalue weighted by molar-refractivity contribution is -0.122. The molecule has 0 spiro atoms. The number of nitrogens with one attached hydrogen (secondary N) is 1. The summed E-state index contributed by atoms with van der Waals surface area (Å²) in [4.78, 5) is 11.9. The van der Waals surface area contributed by atoms with Gasteiger partial charge in [-0.1, -0.05) is 20.8 Å². The van der Waals surface area contributed by atoms with Crippen LogP contribution in [0.25, 0.3) is 0 Å². The molecule has 106 valence electrons. The van der Waals surface area contributed by atoms with Crippen LogP contribution in [0.15, 0.2) is 0 Å². The van der Waals surface area contributed by atoms with Crippen molar-refractivity contribution >= 4 is 5.91 Å². The number of hydrogen-bond acceptors (Lipinski definition) is 2. The highest BCUT2D eigenvalue weighted by molar-refractivity contribution is 5.76. The van der Waals surface area contributed by atoms with Gasteiger partial charge in [-0.15, -0.1) is 0 Å². The van der Waals surface area contributed by atoms with Crippen molar-refractivity contribution in [3.63, 3.8) is 0 Å². The average molecular weight is 254 g/mol. The molecule has 1 saturated carbocycles. The third kappa shape index (κ3) is 5.38. The molecule has 1 fully saturated rings. The van der Waals surface area contributed by atoms with E-state index in [1.54, 1.807) is 0 Å². The van der Waals surface area contributed by atoms with Crippen molar-refractivity contribution in [2.45, 2.75) is 65.3 Å². The van der Waals surface area contributed by atoms with Crippen LogP contribution in [0.3, 0.4) is 0 Å². The molecule has 3 N–H and O–H groups in total. The zero-order chi connectivity index (χ0) is 13.5. The molecular formula is C15H30N2O. The van der Waals surface area contributed by atoms with Gasteiger partial charge in [-0.25, -0.2) is 0 Å². The molecular weight excluding hydrogens is 224 g/mol. The number of amides is 1. The molecule has 18 heavy (non-hydrogen) atoms. The Labute approximate surface area is 112 Å². The van der Waals surface area contributed by atoms with Crippen molar-refractivity contribution in [3.05, 3.63) is 0 Å². The van der Waals surface area contributed by atoms with E-state index in [0.29, 0.717) is 24.3 Å². The number of nitrogens with two attached hydrogens (primary N) is 1. The van der Waals surface area contributed by atoms with Gasteiger partial charge in [-0.2, -0.15) is 0 Å². The first-order chi connectivity index (χ1) is 8.52. The van der Waals surface area contributed by atoms with E-state index in [9.17, 15) is 4.79 Å². The van der Waals surface area contributed by atoms with Crippen molar-refractivity contribution in [2.24, 2.45) is 23.5 Å². The van der Waals surface area contributed by atoms with Gasteiger partial charge in [0.1, 0.15) is 0 Å². The number of hydrogen-bond donors (Lipinski definition) is 2. The van der Waals surface area contributed by atoms with Crippen LogP contribution in [-0.2, 0) is 4.79 Å². The van der Waals surface area contributed by atoms with Crippen LogP contribution in [0.5, 0.6) is 0 Å². The van der Waals surface area contributed by atoms with Gasteiger partial charge in [0.15, 0.2) is 0 Å². The van der Waals surface area contributed by atoms with Crippen LogP contribution in [-0.4, -0.2) is 18.5 Å². The van der Waals surface area contributed by atoms with Gasteiger partial charge in [-0.3, -0.25) is 4.79 Å². The molecule has 0 aromatic heterocycles. The van der Waals surface area contributed by atoms with Crippen LogP contribution in [0, 0.1) is 17.8 Å². The van der Waals surface area contributed by atoms with Gasteiger partial charge in [0.05, 0.1) is 0 Å². The van der Waals surface area contributed by atoms with Gasteiger partial charge in [0, 0.05) is 12.5 Å². The van der Waals surface area contributed by atoms with Crippen LogP contribution < -0.4 is 11.1 Å². The lowest BCUT2D eigenvalue weighted by Crippen LogP contribution is -2.33. The maximum atomic E-state index is 11.9. The normalized spacial score (nSPS) is 25.4. The fourth-order valence-corrected chi connectivity index (χ4v) is 2.98. The van der Waals surface area contributed by atoms with Crippen LogP contribution in [0.2, 0.25) is 0 Å². The molecule has 1 rings (SSSR count). The van der Waals surface area contributed by atoms with E-state index in [-0.39, 0.29) is 5.91 Å². The predicted molar refractivity (Wildman–Crippen MR) is 76.2 cm³/mol. The Morgan fingerprint density at radius 1 is 1.33 bits per heavy atom. The number of rotatable bonds is 7. The predicted octanol–water partition coefficient (Wildman–Crippen LogP) is 2.69. The van der Waals surface area contributed by atoms with Gasteiger partial charge < -0.3 is 11.1 Å². The second-order valence-electron chi connectivity index (χ2n) is 6.30. The van der Waals surface area contributed by atoms with Gasteiger partial charge >= 0.3 is 0 Å². The summed E-state index contributed by atoms with van der Waals surface area (Å²) in [6, 6.07) is 0.430. The summed E-state index contributed by atoms with van der Waals surface area (Å²) in [7, 11) is 0. The first kappa shape index (κ1) is 15.5. The third-order valence-corrected chi connectivity index (χ3v) is 4.28. The van der Waals surface area contributed by atoms with Crippen LogP contribution in [0.1, 0.15) is 59.3 Å². The standard InChI is InChI=1S/C15H30N2O/c1-11(2)13(8-9-16)5-7-15(18)17-14-6-4-12(3)10-14/h11-14H,4-10,16H2,1-3H3,(H,17,18). The van der Waals surface area contributed by atoms with Crippen molar-refractivity contribution in [1.29, 1.82) is 0 Å². The highest BCUT2D eigenvalue weighted by atomic mass is 16.1. The first-order valence-electron chi connectivity index (χ1n) is 7.52. The Morgan fingerprint density at radius 2 is 2.06 bits per heavy atom. The zero-order valence-electron chi connectivity index (χ0n) is 12.2. The zero-order valence-corrected chi connectivity index (χ0v) is 12.2. The van der Waals surface area contributed by atoms with Crippen molar-refractivity contribution in [2.75, 3.05) is 6.54 Å². The Balaban J connectivity index is 2.23. The van der Waals surface area contributed by atoms with Crippen LogP contribution in [0.4, 0.5) is 0 Å². The molecule has 1 aliphatic rings. The molecule has 0 heterocycles. The maximum absolute atomic E-state index is 11.9. The molecule has 0 aromatic rings. The molecule has 1 aliphatic carbocycles.